The number of hydrogen-bond donors (Lipinski definition) is 1. The quantitative estimate of drug-likeness (QED) is 0.239. The third kappa shape index (κ3) is 6.47. The molecule has 4 aliphatic rings. The second kappa shape index (κ2) is 14.2. The maximum absolute atomic E-state index is 11.3. The summed E-state index contributed by atoms with van der Waals surface area (Å²) in [6, 6.07) is 22.5. The largest absolute Gasteiger partial charge is 0.404 e. The summed E-state index contributed by atoms with van der Waals surface area (Å²) in [7, 11) is -2.60. The van der Waals surface area contributed by atoms with Gasteiger partial charge >= 0.3 is 0 Å². The molecule has 2 aromatic rings. The summed E-state index contributed by atoms with van der Waals surface area (Å²) in [4.78, 5) is 0. The topological polar surface area (TPSA) is 29.5 Å². The normalized spacial score (nSPS) is 36.1. The van der Waals surface area contributed by atoms with Gasteiger partial charge in [-0.15, -0.1) is 0 Å². The van der Waals surface area contributed by atoms with Crippen molar-refractivity contribution in [3.05, 3.63) is 60.7 Å². The van der Waals surface area contributed by atoms with Gasteiger partial charge in [-0.2, -0.15) is 0 Å². The molecular formula is C46H72O2Si. The zero-order valence-electron chi connectivity index (χ0n) is 32.9. The fourth-order valence-corrected chi connectivity index (χ4v) is 18.0. The van der Waals surface area contributed by atoms with Gasteiger partial charge in [0.25, 0.3) is 8.32 Å². The van der Waals surface area contributed by atoms with Gasteiger partial charge in [-0.25, -0.2) is 0 Å². The van der Waals surface area contributed by atoms with Crippen molar-refractivity contribution in [3.63, 3.8) is 0 Å². The van der Waals surface area contributed by atoms with Gasteiger partial charge in [-0.3, -0.25) is 0 Å². The van der Waals surface area contributed by atoms with E-state index in [1.807, 2.05) is 0 Å². The number of rotatable bonds is 11. The first-order valence-electron chi connectivity index (χ1n) is 20.8. The molecule has 0 saturated heterocycles. The third-order valence-electron chi connectivity index (χ3n) is 16.0. The van der Waals surface area contributed by atoms with Crippen LogP contribution in [0.3, 0.4) is 0 Å². The Labute approximate surface area is 302 Å². The minimum Gasteiger partial charge on any atom is -0.404 e. The molecule has 10 atom stereocenters. The number of aliphatic hydroxyl groups is 1. The number of fused-ring (bicyclic) bond motifs is 5. The van der Waals surface area contributed by atoms with Gasteiger partial charge in [-0.05, 0) is 151 Å². The molecule has 49 heavy (non-hydrogen) atoms. The molecule has 0 aliphatic heterocycles. The minimum atomic E-state index is -2.60. The molecule has 4 aliphatic carbocycles. The van der Waals surface area contributed by atoms with E-state index in [1.54, 1.807) is 0 Å². The predicted molar refractivity (Wildman–Crippen MR) is 211 cm³/mol. The second-order valence-corrected chi connectivity index (χ2v) is 23.6. The maximum atomic E-state index is 11.3. The maximum Gasteiger partial charge on any atom is 0.261 e. The lowest BCUT2D eigenvalue weighted by Gasteiger charge is -2.63. The molecule has 1 unspecified atom stereocenters. The second-order valence-electron chi connectivity index (χ2n) is 19.4. The smallest absolute Gasteiger partial charge is 0.261 e. The standard InChI is InChI=1S/C46H72O2Si/c1-10-45(47)31-30-44(9)35(32-45)23-24-38-40(44)28-29-46(11-2)39(25-26-41(38)46)34(5)22-27-42(33(3)4)48-49(43(6,7)8,36-18-14-12-15-19-36)37-20-16-13-17-21-37/h12-21,33-35,38-42,47H,10-11,22-32H2,1-9H3/t34-,35+,38-,39-,40+,41+,42?,44+,45+,46-/m1/s1. The molecule has 3 heteroatoms. The van der Waals surface area contributed by atoms with Gasteiger partial charge in [-0.1, -0.05) is 123 Å². The molecule has 0 radical (unpaired) electrons. The van der Waals surface area contributed by atoms with Crippen LogP contribution in [0.4, 0.5) is 0 Å². The summed E-state index contributed by atoms with van der Waals surface area (Å²) in [5.41, 5.74) is 0.563. The van der Waals surface area contributed by atoms with Crippen LogP contribution in [-0.4, -0.2) is 25.1 Å². The monoisotopic (exact) mass is 685 g/mol. The van der Waals surface area contributed by atoms with E-state index in [0.29, 0.717) is 16.7 Å². The zero-order valence-corrected chi connectivity index (χ0v) is 33.9. The third-order valence-corrected chi connectivity index (χ3v) is 21.1. The average molecular weight is 685 g/mol. The van der Waals surface area contributed by atoms with E-state index in [1.165, 1.54) is 68.2 Å². The fraction of sp³-hybridized carbons (Fsp3) is 0.739. The zero-order chi connectivity index (χ0) is 35.2. The molecule has 0 spiro atoms. The highest BCUT2D eigenvalue weighted by Gasteiger charge is 2.62. The van der Waals surface area contributed by atoms with Crippen LogP contribution in [0.25, 0.3) is 0 Å². The average Bonchev–Trinajstić information content (AvgIpc) is 3.49. The predicted octanol–water partition coefficient (Wildman–Crippen LogP) is 11.2. The highest BCUT2D eigenvalue weighted by molar-refractivity contribution is 6.99. The van der Waals surface area contributed by atoms with Gasteiger partial charge < -0.3 is 9.53 Å². The summed E-state index contributed by atoms with van der Waals surface area (Å²) < 4.78 is 7.78. The summed E-state index contributed by atoms with van der Waals surface area (Å²) in [5.74, 6) is 5.44. The molecule has 4 saturated carbocycles. The SMILES string of the molecule is CC[C@]1(O)CC[C@@]2(C)[C@@H](CC[C@@H]3[C@@H]2CC[C@]2(CC)[C@@H]([C@H](C)CCC(O[Si](c4ccccc4)(c4ccccc4)C(C)(C)C)C(C)C)CC[C@@H]32)C1. The van der Waals surface area contributed by atoms with E-state index >= 15 is 0 Å². The van der Waals surface area contributed by atoms with Gasteiger partial charge in [0.15, 0.2) is 0 Å². The minimum absolute atomic E-state index is 0.00122. The molecule has 0 amide bonds. The lowest BCUT2D eigenvalue weighted by molar-refractivity contribution is -0.156. The van der Waals surface area contributed by atoms with Gasteiger partial charge in [0.2, 0.25) is 0 Å². The Morgan fingerprint density at radius 3 is 1.96 bits per heavy atom. The molecule has 272 valence electrons. The number of hydrogen-bond acceptors (Lipinski definition) is 2. The molecule has 0 bridgehead atoms. The van der Waals surface area contributed by atoms with Crippen molar-refractivity contribution in [2.75, 3.05) is 0 Å². The van der Waals surface area contributed by atoms with Gasteiger partial charge in [0, 0.05) is 6.10 Å². The highest BCUT2D eigenvalue weighted by Crippen LogP contribution is 2.70. The molecule has 1 N–H and O–H groups in total. The van der Waals surface area contributed by atoms with E-state index in [0.717, 1.165) is 61.2 Å². The van der Waals surface area contributed by atoms with Crippen LogP contribution in [0.2, 0.25) is 5.04 Å². The molecule has 2 nitrogen and oxygen atoms in total. The van der Waals surface area contributed by atoms with Crippen LogP contribution >= 0.6 is 0 Å². The Bertz CT molecular complexity index is 1330. The summed E-state index contributed by atoms with van der Waals surface area (Å²) in [6.07, 6.45) is 16.8. The van der Waals surface area contributed by atoms with Crippen LogP contribution in [0.1, 0.15) is 146 Å². The first-order valence-corrected chi connectivity index (χ1v) is 22.7. The Kier molecular flexibility index (Phi) is 10.8. The summed E-state index contributed by atoms with van der Waals surface area (Å²) in [6.45, 7) is 22.1. The van der Waals surface area contributed by atoms with Crippen molar-refractivity contribution in [2.24, 2.45) is 52.3 Å². The molecular weight excluding hydrogens is 613 g/mol. The van der Waals surface area contributed by atoms with Gasteiger partial charge in [0.1, 0.15) is 0 Å². The highest BCUT2D eigenvalue weighted by atomic mass is 28.4. The molecule has 2 aromatic carbocycles. The number of benzene rings is 2. The van der Waals surface area contributed by atoms with E-state index in [2.05, 4.69) is 123 Å². The Morgan fingerprint density at radius 1 is 0.776 bits per heavy atom. The lowest BCUT2D eigenvalue weighted by atomic mass is 9.43. The molecule has 0 aromatic heterocycles. The van der Waals surface area contributed by atoms with Crippen molar-refractivity contribution in [3.8, 4) is 0 Å². The van der Waals surface area contributed by atoms with Crippen LogP contribution < -0.4 is 10.4 Å². The summed E-state index contributed by atoms with van der Waals surface area (Å²) >= 11 is 0. The summed E-state index contributed by atoms with van der Waals surface area (Å²) in [5, 5.41) is 14.1. The van der Waals surface area contributed by atoms with Crippen LogP contribution in [-0.2, 0) is 4.43 Å². The van der Waals surface area contributed by atoms with Crippen LogP contribution in [0.15, 0.2) is 60.7 Å². The van der Waals surface area contributed by atoms with Crippen LogP contribution in [0.5, 0.6) is 0 Å². The van der Waals surface area contributed by atoms with Crippen molar-refractivity contribution >= 4 is 18.7 Å². The first-order chi connectivity index (χ1) is 23.2. The first kappa shape index (κ1) is 37.3. The van der Waals surface area contributed by atoms with Crippen molar-refractivity contribution in [1.82, 2.24) is 0 Å². The van der Waals surface area contributed by atoms with E-state index in [-0.39, 0.29) is 11.1 Å². The molecule has 6 rings (SSSR count). The Balaban J connectivity index is 1.20. The van der Waals surface area contributed by atoms with Crippen molar-refractivity contribution in [2.45, 2.75) is 163 Å². The van der Waals surface area contributed by atoms with E-state index in [4.69, 9.17) is 4.43 Å². The molecule has 4 fully saturated rings. The molecule has 0 heterocycles. The van der Waals surface area contributed by atoms with Crippen LogP contribution in [0, 0.1) is 52.3 Å². The Morgan fingerprint density at radius 2 is 1.41 bits per heavy atom. The van der Waals surface area contributed by atoms with Crippen molar-refractivity contribution in [1.29, 1.82) is 0 Å². The van der Waals surface area contributed by atoms with Crippen molar-refractivity contribution < 1.29 is 9.53 Å². The lowest BCUT2D eigenvalue weighted by Crippen LogP contribution is -2.68. The fourth-order valence-electron chi connectivity index (χ4n) is 13.1. The van der Waals surface area contributed by atoms with E-state index < -0.39 is 13.9 Å². The van der Waals surface area contributed by atoms with Gasteiger partial charge in [0.05, 0.1) is 5.60 Å². The Hall–Kier alpha value is -1.42. The van der Waals surface area contributed by atoms with E-state index in [9.17, 15) is 5.11 Å².